The molecule has 0 unspecified atom stereocenters. The lowest BCUT2D eigenvalue weighted by molar-refractivity contribution is -0.123. The normalized spacial score (nSPS) is 10.3. The van der Waals surface area contributed by atoms with Crippen molar-refractivity contribution in [1.82, 2.24) is 10.9 Å². The Morgan fingerprint density at radius 1 is 0.926 bits per heavy atom. The van der Waals surface area contributed by atoms with Crippen LogP contribution in [0, 0.1) is 6.92 Å². The Bertz CT molecular complexity index is 985. The molecule has 0 spiro atoms. The van der Waals surface area contributed by atoms with Gasteiger partial charge in [-0.05, 0) is 47.5 Å². The predicted molar refractivity (Wildman–Crippen MR) is 103 cm³/mol. The molecule has 0 radical (unpaired) electrons. The predicted octanol–water partition coefficient (Wildman–Crippen LogP) is 3.00. The van der Waals surface area contributed by atoms with Crippen molar-refractivity contribution in [2.24, 2.45) is 0 Å². The first-order valence-electron chi connectivity index (χ1n) is 8.42. The number of hydrogen-bond acceptors (Lipinski definition) is 4. The first kappa shape index (κ1) is 18.3. The lowest BCUT2D eigenvalue weighted by atomic mass is 10.1. The van der Waals surface area contributed by atoms with Crippen LogP contribution in [0.15, 0.2) is 60.7 Å². The summed E-state index contributed by atoms with van der Waals surface area (Å²) in [6.07, 6.45) is 0. The van der Waals surface area contributed by atoms with E-state index in [4.69, 9.17) is 9.47 Å². The van der Waals surface area contributed by atoms with Crippen LogP contribution in [0.2, 0.25) is 0 Å². The van der Waals surface area contributed by atoms with Gasteiger partial charge in [-0.25, -0.2) is 0 Å². The monoisotopic (exact) mass is 364 g/mol. The molecule has 27 heavy (non-hydrogen) atoms. The highest BCUT2D eigenvalue weighted by Crippen LogP contribution is 2.25. The number of nitrogens with one attached hydrogen (secondary N) is 2. The molecule has 2 amide bonds. The van der Waals surface area contributed by atoms with Crippen LogP contribution in [0.4, 0.5) is 0 Å². The first-order chi connectivity index (χ1) is 13.1. The first-order valence-corrected chi connectivity index (χ1v) is 8.42. The third-order valence-corrected chi connectivity index (χ3v) is 3.99. The van der Waals surface area contributed by atoms with Crippen LogP contribution in [0.1, 0.15) is 15.9 Å². The molecular weight excluding hydrogens is 344 g/mol. The summed E-state index contributed by atoms with van der Waals surface area (Å²) < 4.78 is 10.7. The number of fused-ring (bicyclic) bond motifs is 1. The van der Waals surface area contributed by atoms with Gasteiger partial charge in [-0.1, -0.05) is 36.4 Å². The van der Waals surface area contributed by atoms with Crippen molar-refractivity contribution in [3.05, 3.63) is 71.8 Å². The van der Waals surface area contributed by atoms with Crippen LogP contribution < -0.4 is 20.3 Å². The van der Waals surface area contributed by atoms with E-state index in [0.29, 0.717) is 17.1 Å². The topological polar surface area (TPSA) is 76.7 Å². The fourth-order valence-electron chi connectivity index (χ4n) is 2.65. The quantitative estimate of drug-likeness (QED) is 0.683. The molecule has 0 heterocycles. The average Bonchev–Trinajstić information content (AvgIpc) is 2.69. The fraction of sp³-hybridized carbons (Fsp3) is 0.143. The second-order valence-electron chi connectivity index (χ2n) is 6.01. The summed E-state index contributed by atoms with van der Waals surface area (Å²) in [6.45, 7) is 1.72. The van der Waals surface area contributed by atoms with E-state index >= 15 is 0 Å². The molecule has 0 aliphatic carbocycles. The highest BCUT2D eigenvalue weighted by Gasteiger charge is 2.14. The maximum atomic E-state index is 12.4. The molecule has 0 saturated carbocycles. The number of benzene rings is 3. The molecule has 0 atom stereocenters. The summed E-state index contributed by atoms with van der Waals surface area (Å²) in [5.41, 5.74) is 6.10. The molecule has 0 saturated heterocycles. The Labute approximate surface area is 157 Å². The van der Waals surface area contributed by atoms with Crippen molar-refractivity contribution in [2.75, 3.05) is 13.7 Å². The second-order valence-corrected chi connectivity index (χ2v) is 6.01. The summed E-state index contributed by atoms with van der Waals surface area (Å²) in [5.74, 6) is 0.0789. The molecule has 0 bridgehead atoms. The number of rotatable bonds is 5. The van der Waals surface area contributed by atoms with E-state index in [-0.39, 0.29) is 6.61 Å². The minimum absolute atomic E-state index is 0.210. The molecule has 3 rings (SSSR count). The van der Waals surface area contributed by atoms with E-state index in [9.17, 15) is 9.59 Å². The highest BCUT2D eigenvalue weighted by atomic mass is 16.5. The molecule has 0 fully saturated rings. The summed E-state index contributed by atoms with van der Waals surface area (Å²) in [4.78, 5) is 24.4. The Balaban J connectivity index is 1.61. The summed E-state index contributed by atoms with van der Waals surface area (Å²) in [7, 11) is 1.50. The van der Waals surface area contributed by atoms with E-state index in [1.54, 1.807) is 18.2 Å². The van der Waals surface area contributed by atoms with Gasteiger partial charge in [0.05, 0.1) is 12.7 Å². The van der Waals surface area contributed by atoms with Crippen molar-refractivity contribution >= 4 is 22.6 Å². The van der Waals surface area contributed by atoms with Gasteiger partial charge in [0, 0.05) is 0 Å². The van der Waals surface area contributed by atoms with Crippen molar-refractivity contribution in [2.45, 2.75) is 6.92 Å². The molecular formula is C21H20N2O4. The third kappa shape index (κ3) is 4.55. The fourth-order valence-corrected chi connectivity index (χ4v) is 2.65. The van der Waals surface area contributed by atoms with Crippen molar-refractivity contribution < 1.29 is 19.1 Å². The Morgan fingerprint density at radius 3 is 2.37 bits per heavy atom. The summed E-state index contributed by atoms with van der Waals surface area (Å²) >= 11 is 0. The van der Waals surface area contributed by atoms with Gasteiger partial charge in [0.15, 0.2) is 6.61 Å². The maximum Gasteiger partial charge on any atom is 0.276 e. The number of carbonyl (C=O) groups excluding carboxylic acids is 2. The second kappa shape index (κ2) is 8.23. The van der Waals surface area contributed by atoms with Gasteiger partial charge in [-0.2, -0.15) is 0 Å². The minimum Gasteiger partial charge on any atom is -0.496 e. The largest absolute Gasteiger partial charge is 0.496 e. The summed E-state index contributed by atoms with van der Waals surface area (Å²) in [6, 6.07) is 18.5. The van der Waals surface area contributed by atoms with Crippen LogP contribution in [0.3, 0.4) is 0 Å². The molecule has 6 nitrogen and oxygen atoms in total. The van der Waals surface area contributed by atoms with Crippen molar-refractivity contribution in [3.8, 4) is 11.5 Å². The standard InChI is InChI=1S/C21H20N2O4/c1-14-6-5-9-17(10-14)27-13-20(24)22-23-21(25)18-11-15-7-3-4-8-16(15)12-19(18)26-2/h3-12H,13H2,1-2H3,(H,22,24)(H,23,25). The SMILES string of the molecule is COc1cc2ccccc2cc1C(=O)NNC(=O)COc1cccc(C)c1. The van der Waals surface area contributed by atoms with E-state index in [1.807, 2.05) is 49.4 Å². The molecule has 3 aromatic rings. The van der Waals surface area contributed by atoms with Gasteiger partial charge in [-0.15, -0.1) is 0 Å². The number of aryl methyl sites for hydroxylation is 1. The number of methoxy groups -OCH3 is 1. The molecule has 2 N–H and O–H groups in total. The Morgan fingerprint density at radius 2 is 1.67 bits per heavy atom. The zero-order valence-electron chi connectivity index (χ0n) is 15.1. The average molecular weight is 364 g/mol. The molecule has 6 heteroatoms. The highest BCUT2D eigenvalue weighted by molar-refractivity contribution is 6.02. The van der Waals surface area contributed by atoms with Crippen molar-refractivity contribution in [1.29, 1.82) is 0 Å². The van der Waals surface area contributed by atoms with Gasteiger partial charge in [0.1, 0.15) is 11.5 Å². The van der Waals surface area contributed by atoms with Crippen LogP contribution >= 0.6 is 0 Å². The van der Waals surface area contributed by atoms with Gasteiger partial charge in [0.25, 0.3) is 11.8 Å². The van der Waals surface area contributed by atoms with Crippen LogP contribution in [-0.4, -0.2) is 25.5 Å². The van der Waals surface area contributed by atoms with Gasteiger partial charge in [0.2, 0.25) is 0 Å². The molecule has 0 aliphatic rings. The molecule has 0 aliphatic heterocycles. The van der Waals surface area contributed by atoms with Crippen LogP contribution in [0.5, 0.6) is 11.5 Å². The number of amides is 2. The minimum atomic E-state index is -0.471. The number of hydrogen-bond donors (Lipinski definition) is 2. The van der Waals surface area contributed by atoms with E-state index in [0.717, 1.165) is 16.3 Å². The van der Waals surface area contributed by atoms with Crippen LogP contribution in [0.25, 0.3) is 10.8 Å². The van der Waals surface area contributed by atoms with E-state index in [1.165, 1.54) is 7.11 Å². The van der Waals surface area contributed by atoms with Gasteiger partial charge >= 0.3 is 0 Å². The zero-order valence-corrected chi connectivity index (χ0v) is 15.1. The zero-order chi connectivity index (χ0) is 19.2. The Hall–Kier alpha value is -3.54. The molecule has 0 aromatic heterocycles. The number of carbonyl (C=O) groups is 2. The van der Waals surface area contributed by atoms with Crippen molar-refractivity contribution in [3.63, 3.8) is 0 Å². The lowest BCUT2D eigenvalue weighted by Crippen LogP contribution is -2.43. The number of ether oxygens (including phenoxy) is 2. The van der Waals surface area contributed by atoms with E-state index < -0.39 is 11.8 Å². The Kier molecular flexibility index (Phi) is 5.56. The number of hydrazine groups is 1. The lowest BCUT2D eigenvalue weighted by Gasteiger charge is -2.12. The molecule has 138 valence electrons. The molecule has 3 aromatic carbocycles. The van der Waals surface area contributed by atoms with Gasteiger partial charge < -0.3 is 9.47 Å². The van der Waals surface area contributed by atoms with E-state index in [2.05, 4.69) is 10.9 Å². The third-order valence-electron chi connectivity index (χ3n) is 3.99. The summed E-state index contributed by atoms with van der Waals surface area (Å²) in [5, 5.41) is 1.86. The maximum absolute atomic E-state index is 12.4. The van der Waals surface area contributed by atoms with Gasteiger partial charge in [-0.3, -0.25) is 20.4 Å². The van der Waals surface area contributed by atoms with Crippen LogP contribution in [-0.2, 0) is 4.79 Å². The smallest absolute Gasteiger partial charge is 0.276 e.